The molecule has 1 heterocycles. The third-order valence-electron chi connectivity index (χ3n) is 4.52. The monoisotopic (exact) mass is 355 g/mol. The molecule has 0 saturated heterocycles. The molecule has 5 heteroatoms. The number of rotatable bonds is 7. The number of hydrogen-bond acceptors (Lipinski definition) is 3. The molecule has 1 amide bonds. The Kier molecular flexibility index (Phi) is 6.12. The fraction of sp³-hybridized carbons (Fsp3) is 0.381. The number of para-hydroxylation sites is 1. The third-order valence-corrected chi connectivity index (χ3v) is 4.52. The first-order valence-electron chi connectivity index (χ1n) is 9.29. The lowest BCUT2D eigenvalue weighted by Crippen LogP contribution is -3.12. The number of carbonyl (C=O) groups is 1. The highest BCUT2D eigenvalue weighted by Gasteiger charge is 2.24. The van der Waals surface area contributed by atoms with Gasteiger partial charge in [0.2, 0.25) is 0 Å². The molecular formula is C21H27N2O3+. The average molecular weight is 355 g/mol. The Bertz CT molecular complexity index is 746. The van der Waals surface area contributed by atoms with E-state index in [4.69, 9.17) is 9.47 Å². The second kappa shape index (κ2) is 8.72. The summed E-state index contributed by atoms with van der Waals surface area (Å²) >= 11 is 0. The van der Waals surface area contributed by atoms with E-state index in [1.54, 1.807) is 0 Å². The molecule has 0 fully saturated rings. The van der Waals surface area contributed by atoms with Crippen molar-refractivity contribution in [3.05, 3.63) is 53.6 Å². The Morgan fingerprint density at radius 3 is 2.35 bits per heavy atom. The van der Waals surface area contributed by atoms with Gasteiger partial charge in [-0.2, -0.15) is 0 Å². The van der Waals surface area contributed by atoms with E-state index in [2.05, 4.69) is 17.4 Å². The van der Waals surface area contributed by atoms with Crippen molar-refractivity contribution in [3.63, 3.8) is 0 Å². The number of fused-ring (bicyclic) bond motifs is 1. The van der Waals surface area contributed by atoms with Crippen LogP contribution in [0.15, 0.2) is 42.5 Å². The molecule has 138 valence electrons. The van der Waals surface area contributed by atoms with Crippen LogP contribution in [0.25, 0.3) is 0 Å². The molecular weight excluding hydrogens is 328 g/mol. The first-order valence-corrected chi connectivity index (χ1v) is 9.29. The van der Waals surface area contributed by atoms with Gasteiger partial charge < -0.3 is 19.7 Å². The number of quaternary nitrogens is 1. The largest absolute Gasteiger partial charge is 0.490 e. The topological polar surface area (TPSA) is 52.0 Å². The van der Waals surface area contributed by atoms with Crippen molar-refractivity contribution in [2.24, 2.45) is 0 Å². The van der Waals surface area contributed by atoms with Gasteiger partial charge in [-0.25, -0.2) is 0 Å². The van der Waals surface area contributed by atoms with Crippen LogP contribution in [0.3, 0.4) is 0 Å². The summed E-state index contributed by atoms with van der Waals surface area (Å²) in [6.45, 7) is 7.40. The standard InChI is InChI=1S/C21H26N2O3/c1-3-25-19-12-16-10-11-23(14-17(16)13-20(19)26-4-2)15-21(24)22-18-8-6-5-7-9-18/h5-9,12-13H,3-4,10-11,14-15H2,1-2H3,(H,22,24)/p+1. The smallest absolute Gasteiger partial charge is 0.279 e. The van der Waals surface area contributed by atoms with E-state index in [0.717, 1.165) is 36.7 Å². The molecule has 2 aromatic rings. The maximum atomic E-state index is 12.3. The molecule has 5 nitrogen and oxygen atoms in total. The molecule has 2 N–H and O–H groups in total. The zero-order valence-corrected chi connectivity index (χ0v) is 15.5. The van der Waals surface area contributed by atoms with Crippen molar-refractivity contribution in [2.45, 2.75) is 26.8 Å². The van der Waals surface area contributed by atoms with Gasteiger partial charge in [0.25, 0.3) is 5.91 Å². The zero-order chi connectivity index (χ0) is 18.4. The number of amides is 1. The first kappa shape index (κ1) is 18.3. The van der Waals surface area contributed by atoms with E-state index in [9.17, 15) is 4.79 Å². The van der Waals surface area contributed by atoms with Gasteiger partial charge >= 0.3 is 0 Å². The van der Waals surface area contributed by atoms with E-state index in [-0.39, 0.29) is 5.91 Å². The number of ether oxygens (including phenoxy) is 2. The van der Waals surface area contributed by atoms with Crippen LogP contribution in [0.1, 0.15) is 25.0 Å². The van der Waals surface area contributed by atoms with Gasteiger partial charge in [0.05, 0.1) is 19.8 Å². The van der Waals surface area contributed by atoms with Crippen molar-refractivity contribution in [1.82, 2.24) is 0 Å². The third kappa shape index (κ3) is 4.55. The molecule has 1 atom stereocenters. The maximum Gasteiger partial charge on any atom is 0.279 e. The van der Waals surface area contributed by atoms with Crippen LogP contribution in [0.2, 0.25) is 0 Å². The molecule has 0 aromatic heterocycles. The summed E-state index contributed by atoms with van der Waals surface area (Å²) in [7, 11) is 0. The van der Waals surface area contributed by atoms with Crippen LogP contribution in [0, 0.1) is 0 Å². The molecule has 0 bridgehead atoms. The molecule has 3 rings (SSSR count). The molecule has 1 aliphatic heterocycles. The minimum Gasteiger partial charge on any atom is -0.490 e. The second-order valence-electron chi connectivity index (χ2n) is 6.45. The average Bonchev–Trinajstić information content (AvgIpc) is 2.63. The van der Waals surface area contributed by atoms with E-state index in [1.807, 2.05) is 44.2 Å². The molecule has 0 spiro atoms. The van der Waals surface area contributed by atoms with Crippen LogP contribution in [0.4, 0.5) is 5.69 Å². The van der Waals surface area contributed by atoms with Gasteiger partial charge in [0.15, 0.2) is 18.0 Å². The van der Waals surface area contributed by atoms with Gasteiger partial charge in [0.1, 0.15) is 6.54 Å². The number of hydrogen-bond donors (Lipinski definition) is 2. The number of carbonyl (C=O) groups excluding carboxylic acids is 1. The van der Waals surface area contributed by atoms with Gasteiger partial charge in [-0.15, -0.1) is 0 Å². The molecule has 26 heavy (non-hydrogen) atoms. The Morgan fingerprint density at radius 1 is 1.04 bits per heavy atom. The Balaban J connectivity index is 1.66. The number of anilines is 1. The Labute approximate surface area is 154 Å². The fourth-order valence-electron chi connectivity index (χ4n) is 3.35. The summed E-state index contributed by atoms with van der Waals surface area (Å²) in [5.41, 5.74) is 3.38. The highest BCUT2D eigenvalue weighted by molar-refractivity contribution is 5.91. The summed E-state index contributed by atoms with van der Waals surface area (Å²) in [5, 5.41) is 2.97. The van der Waals surface area contributed by atoms with Crippen molar-refractivity contribution in [2.75, 3.05) is 31.6 Å². The van der Waals surface area contributed by atoms with Gasteiger partial charge in [-0.1, -0.05) is 18.2 Å². The fourth-order valence-corrected chi connectivity index (χ4v) is 3.35. The minimum atomic E-state index is 0.0469. The SMILES string of the molecule is CCOc1cc2c(cc1OCC)C[NH+](CC(=O)Nc1ccccc1)CC2. The Morgan fingerprint density at radius 2 is 1.69 bits per heavy atom. The van der Waals surface area contributed by atoms with Crippen LogP contribution in [-0.2, 0) is 17.8 Å². The predicted octanol–water partition coefficient (Wildman–Crippen LogP) is 2.06. The zero-order valence-electron chi connectivity index (χ0n) is 15.5. The quantitative estimate of drug-likeness (QED) is 0.799. The van der Waals surface area contributed by atoms with Gasteiger partial charge in [-0.05, 0) is 43.7 Å². The Hall–Kier alpha value is -2.53. The summed E-state index contributed by atoms with van der Waals surface area (Å²) in [6, 6.07) is 13.8. The van der Waals surface area contributed by atoms with Crippen molar-refractivity contribution in [1.29, 1.82) is 0 Å². The molecule has 0 saturated carbocycles. The molecule has 1 aliphatic rings. The van der Waals surface area contributed by atoms with Crippen molar-refractivity contribution in [3.8, 4) is 11.5 Å². The predicted molar refractivity (Wildman–Crippen MR) is 102 cm³/mol. The summed E-state index contributed by atoms with van der Waals surface area (Å²) in [4.78, 5) is 13.6. The molecule has 0 radical (unpaired) electrons. The van der Waals surface area contributed by atoms with Crippen molar-refractivity contribution >= 4 is 11.6 Å². The molecule has 2 aromatic carbocycles. The van der Waals surface area contributed by atoms with Gasteiger partial charge in [0, 0.05) is 17.7 Å². The lowest BCUT2D eigenvalue weighted by molar-refractivity contribution is -0.907. The number of benzene rings is 2. The molecule has 0 aliphatic carbocycles. The maximum absolute atomic E-state index is 12.3. The minimum absolute atomic E-state index is 0.0469. The lowest BCUT2D eigenvalue weighted by atomic mass is 9.98. The van der Waals surface area contributed by atoms with E-state index < -0.39 is 0 Å². The van der Waals surface area contributed by atoms with Crippen molar-refractivity contribution < 1.29 is 19.2 Å². The second-order valence-corrected chi connectivity index (χ2v) is 6.45. The first-order chi connectivity index (χ1) is 12.7. The van der Waals surface area contributed by atoms with E-state index in [1.165, 1.54) is 16.0 Å². The molecule has 1 unspecified atom stereocenters. The summed E-state index contributed by atoms with van der Waals surface area (Å²) in [5.74, 6) is 1.66. The number of nitrogens with one attached hydrogen (secondary N) is 2. The van der Waals surface area contributed by atoms with Crippen LogP contribution < -0.4 is 19.7 Å². The van der Waals surface area contributed by atoms with E-state index >= 15 is 0 Å². The van der Waals surface area contributed by atoms with E-state index in [0.29, 0.717) is 19.8 Å². The summed E-state index contributed by atoms with van der Waals surface area (Å²) < 4.78 is 11.5. The van der Waals surface area contributed by atoms with Gasteiger partial charge in [-0.3, -0.25) is 4.79 Å². The lowest BCUT2D eigenvalue weighted by Gasteiger charge is -2.26. The van der Waals surface area contributed by atoms with Crippen LogP contribution in [0.5, 0.6) is 11.5 Å². The highest BCUT2D eigenvalue weighted by Crippen LogP contribution is 2.32. The van der Waals surface area contributed by atoms with Crippen LogP contribution in [-0.4, -0.2) is 32.2 Å². The summed E-state index contributed by atoms with van der Waals surface area (Å²) in [6.07, 6.45) is 0.940. The normalized spacial score (nSPS) is 15.8. The van der Waals surface area contributed by atoms with Crippen LogP contribution >= 0.6 is 0 Å². The highest BCUT2D eigenvalue weighted by atomic mass is 16.5.